The van der Waals surface area contributed by atoms with E-state index in [-0.39, 0.29) is 11.7 Å². The Morgan fingerprint density at radius 3 is 3.00 bits per heavy atom. The van der Waals surface area contributed by atoms with Crippen LogP contribution >= 0.6 is 0 Å². The van der Waals surface area contributed by atoms with Gasteiger partial charge in [0.2, 0.25) is 0 Å². The highest BCUT2D eigenvalue weighted by molar-refractivity contribution is 5.61. The molecule has 5 nitrogen and oxygen atoms in total. The van der Waals surface area contributed by atoms with Gasteiger partial charge in [-0.05, 0) is 25.1 Å². The van der Waals surface area contributed by atoms with Gasteiger partial charge in [0.1, 0.15) is 11.5 Å². The van der Waals surface area contributed by atoms with Crippen molar-refractivity contribution >= 4 is 11.4 Å². The number of nitro benzene ring substituents is 1. The fourth-order valence-electron chi connectivity index (χ4n) is 1.78. The number of nitro groups is 1. The largest absolute Gasteiger partial charge is 0.375 e. The minimum Gasteiger partial charge on any atom is -0.375 e. The molecule has 1 aliphatic heterocycles. The Balaban J connectivity index is 2.21. The Labute approximate surface area is 91.8 Å². The molecule has 0 aliphatic carbocycles. The molecule has 0 saturated carbocycles. The summed E-state index contributed by atoms with van der Waals surface area (Å²) in [7, 11) is 0. The van der Waals surface area contributed by atoms with Crippen LogP contribution in [0.2, 0.25) is 0 Å². The Kier molecular flexibility index (Phi) is 3.00. The van der Waals surface area contributed by atoms with Crippen molar-refractivity contribution < 1.29 is 9.31 Å². The molecule has 1 aliphatic rings. The summed E-state index contributed by atoms with van der Waals surface area (Å²) < 4.78 is 12.9. The van der Waals surface area contributed by atoms with Crippen molar-refractivity contribution in [2.45, 2.75) is 12.5 Å². The lowest BCUT2D eigenvalue weighted by atomic mass is 10.2. The normalized spacial score (nSPS) is 19.7. The van der Waals surface area contributed by atoms with Gasteiger partial charge in [0, 0.05) is 12.6 Å². The quantitative estimate of drug-likeness (QED) is 0.604. The highest BCUT2D eigenvalue weighted by Crippen LogP contribution is 2.26. The summed E-state index contributed by atoms with van der Waals surface area (Å²) in [4.78, 5) is 10.2. The maximum Gasteiger partial charge on any atom is 0.295 e. The summed E-state index contributed by atoms with van der Waals surface area (Å²) in [5.41, 5.74) is 0.159. The third kappa shape index (κ3) is 2.27. The molecule has 2 N–H and O–H groups in total. The fraction of sp³-hybridized carbons (Fsp3) is 0.400. The van der Waals surface area contributed by atoms with Crippen molar-refractivity contribution in [1.29, 1.82) is 0 Å². The predicted molar refractivity (Wildman–Crippen MR) is 58.0 cm³/mol. The van der Waals surface area contributed by atoms with Crippen molar-refractivity contribution in [2.75, 3.05) is 18.4 Å². The van der Waals surface area contributed by atoms with E-state index < -0.39 is 10.7 Å². The van der Waals surface area contributed by atoms with Gasteiger partial charge in [0.15, 0.2) is 0 Å². The van der Waals surface area contributed by atoms with Crippen molar-refractivity contribution in [3.8, 4) is 0 Å². The molecule has 86 valence electrons. The Morgan fingerprint density at radius 1 is 1.56 bits per heavy atom. The smallest absolute Gasteiger partial charge is 0.295 e. The topological polar surface area (TPSA) is 67.2 Å². The second-order valence-corrected chi connectivity index (χ2v) is 3.75. The summed E-state index contributed by atoms with van der Waals surface area (Å²) in [5, 5.41) is 16.9. The average molecular weight is 225 g/mol. The van der Waals surface area contributed by atoms with E-state index in [9.17, 15) is 14.5 Å². The lowest BCUT2D eigenvalue weighted by Crippen LogP contribution is -2.22. The Hall–Kier alpha value is -1.69. The molecule has 0 amide bonds. The lowest BCUT2D eigenvalue weighted by Gasteiger charge is -2.12. The molecule has 0 spiro atoms. The van der Waals surface area contributed by atoms with Crippen LogP contribution in [0.4, 0.5) is 15.8 Å². The number of nitrogens with one attached hydrogen (secondary N) is 2. The maximum absolute atomic E-state index is 12.9. The first-order chi connectivity index (χ1) is 7.66. The standard InChI is InChI=1S/C10H12FN3O2/c11-7-1-2-9(10(5-7)14(15)16)13-8-3-4-12-6-8/h1-2,5,8,12-13H,3-4,6H2/t8-/m0/s1. The van der Waals surface area contributed by atoms with Crippen LogP contribution in [0.15, 0.2) is 18.2 Å². The predicted octanol–water partition coefficient (Wildman–Crippen LogP) is 1.51. The fourth-order valence-corrected chi connectivity index (χ4v) is 1.78. The first-order valence-corrected chi connectivity index (χ1v) is 5.08. The minimum absolute atomic E-state index is 0.171. The van der Waals surface area contributed by atoms with E-state index in [4.69, 9.17) is 0 Å². The van der Waals surface area contributed by atoms with E-state index >= 15 is 0 Å². The van der Waals surface area contributed by atoms with Crippen molar-refractivity contribution in [3.05, 3.63) is 34.1 Å². The molecule has 0 aromatic heterocycles. The highest BCUT2D eigenvalue weighted by atomic mass is 19.1. The van der Waals surface area contributed by atoms with Gasteiger partial charge in [-0.25, -0.2) is 4.39 Å². The summed E-state index contributed by atoms with van der Waals surface area (Å²) in [6.45, 7) is 1.67. The van der Waals surface area contributed by atoms with Gasteiger partial charge in [-0.1, -0.05) is 0 Å². The van der Waals surface area contributed by atoms with Gasteiger partial charge in [0.25, 0.3) is 5.69 Å². The van der Waals surface area contributed by atoms with Crippen LogP contribution in [-0.2, 0) is 0 Å². The van der Waals surface area contributed by atoms with Gasteiger partial charge in [-0.2, -0.15) is 0 Å². The Morgan fingerprint density at radius 2 is 2.38 bits per heavy atom. The number of anilines is 1. The second kappa shape index (κ2) is 4.44. The van der Waals surface area contributed by atoms with Crippen LogP contribution < -0.4 is 10.6 Å². The molecule has 0 bridgehead atoms. The van der Waals surface area contributed by atoms with Crippen LogP contribution in [-0.4, -0.2) is 24.1 Å². The SMILES string of the molecule is O=[N+]([O-])c1cc(F)ccc1N[C@H]1CCNC1. The van der Waals surface area contributed by atoms with Gasteiger partial charge >= 0.3 is 0 Å². The number of halogens is 1. The summed E-state index contributed by atoms with van der Waals surface area (Å²) in [6, 6.07) is 3.73. The highest BCUT2D eigenvalue weighted by Gasteiger charge is 2.20. The number of nitrogens with zero attached hydrogens (tertiary/aromatic N) is 1. The third-order valence-corrected chi connectivity index (χ3v) is 2.58. The maximum atomic E-state index is 12.9. The van der Waals surface area contributed by atoms with E-state index in [1.165, 1.54) is 12.1 Å². The van der Waals surface area contributed by atoms with Gasteiger partial charge < -0.3 is 10.6 Å². The molecular formula is C10H12FN3O2. The molecule has 0 radical (unpaired) electrons. The van der Waals surface area contributed by atoms with E-state index in [0.717, 1.165) is 25.6 Å². The molecule has 1 saturated heterocycles. The zero-order chi connectivity index (χ0) is 11.5. The van der Waals surface area contributed by atoms with Crippen molar-refractivity contribution in [2.24, 2.45) is 0 Å². The second-order valence-electron chi connectivity index (χ2n) is 3.75. The number of benzene rings is 1. The van der Waals surface area contributed by atoms with Crippen LogP contribution in [0.25, 0.3) is 0 Å². The summed E-state index contributed by atoms with van der Waals surface area (Å²) in [6.07, 6.45) is 0.911. The molecule has 1 atom stereocenters. The number of hydrogen-bond donors (Lipinski definition) is 2. The monoisotopic (exact) mass is 225 g/mol. The molecule has 6 heteroatoms. The average Bonchev–Trinajstić information content (AvgIpc) is 2.73. The van der Waals surface area contributed by atoms with E-state index in [1.54, 1.807) is 0 Å². The molecule has 16 heavy (non-hydrogen) atoms. The van der Waals surface area contributed by atoms with Crippen LogP contribution in [0.1, 0.15) is 6.42 Å². The zero-order valence-corrected chi connectivity index (χ0v) is 8.57. The number of rotatable bonds is 3. The molecule has 1 aromatic rings. The first kappa shape index (κ1) is 10.8. The van der Waals surface area contributed by atoms with E-state index in [2.05, 4.69) is 10.6 Å². The van der Waals surface area contributed by atoms with E-state index in [1.807, 2.05) is 0 Å². The molecule has 0 unspecified atom stereocenters. The van der Waals surface area contributed by atoms with Gasteiger partial charge in [-0.15, -0.1) is 0 Å². The van der Waals surface area contributed by atoms with Gasteiger partial charge in [-0.3, -0.25) is 10.1 Å². The Bertz CT molecular complexity index is 405. The van der Waals surface area contributed by atoms with Crippen molar-refractivity contribution in [3.63, 3.8) is 0 Å². The minimum atomic E-state index is -0.596. The van der Waals surface area contributed by atoms with Crippen LogP contribution in [0, 0.1) is 15.9 Å². The third-order valence-electron chi connectivity index (χ3n) is 2.58. The van der Waals surface area contributed by atoms with E-state index in [0.29, 0.717) is 5.69 Å². The summed E-state index contributed by atoms with van der Waals surface area (Å²) >= 11 is 0. The van der Waals surface area contributed by atoms with Crippen LogP contribution in [0.5, 0.6) is 0 Å². The molecule has 1 fully saturated rings. The van der Waals surface area contributed by atoms with Crippen molar-refractivity contribution in [1.82, 2.24) is 5.32 Å². The summed E-state index contributed by atoms with van der Waals surface area (Å²) in [5.74, 6) is -0.596. The molecule has 1 aromatic carbocycles. The first-order valence-electron chi connectivity index (χ1n) is 5.08. The van der Waals surface area contributed by atoms with Gasteiger partial charge in [0.05, 0.1) is 11.0 Å². The molecular weight excluding hydrogens is 213 g/mol. The number of hydrogen-bond acceptors (Lipinski definition) is 4. The van der Waals surface area contributed by atoms with Crippen LogP contribution in [0.3, 0.4) is 0 Å². The molecule has 2 rings (SSSR count). The lowest BCUT2D eigenvalue weighted by molar-refractivity contribution is -0.384. The zero-order valence-electron chi connectivity index (χ0n) is 8.57. The molecule has 1 heterocycles.